The van der Waals surface area contributed by atoms with Crippen molar-refractivity contribution in [2.24, 2.45) is 5.10 Å². The zero-order valence-corrected chi connectivity index (χ0v) is 17.4. The standard InChI is InChI=1S/C23H17FN4O6/c24-18-5-2-4-17(12-18)22(30)25-14-21(29)27-26-13-15-3-1-6-20(11-15)34-23(31)16-7-9-19(10-8-16)28(32)33/h1-13H,14H2,(H,25,30)(H,27,29)/b26-13-. The molecule has 0 aliphatic heterocycles. The second kappa shape index (κ2) is 11.1. The van der Waals surface area contributed by atoms with Gasteiger partial charge < -0.3 is 10.1 Å². The van der Waals surface area contributed by atoms with Crippen LogP contribution >= 0.6 is 0 Å². The molecule has 0 heterocycles. The van der Waals surface area contributed by atoms with Crippen LogP contribution in [0.15, 0.2) is 77.9 Å². The number of hydrazone groups is 1. The van der Waals surface area contributed by atoms with Crippen molar-refractivity contribution in [3.8, 4) is 5.75 Å². The first-order chi connectivity index (χ1) is 16.3. The molecule has 0 spiro atoms. The summed E-state index contributed by atoms with van der Waals surface area (Å²) in [5.74, 6) is -2.29. The van der Waals surface area contributed by atoms with Crippen molar-refractivity contribution in [1.82, 2.24) is 10.7 Å². The van der Waals surface area contributed by atoms with Crippen LogP contribution in [0.2, 0.25) is 0 Å². The number of esters is 1. The number of rotatable bonds is 8. The first-order valence-electron chi connectivity index (χ1n) is 9.74. The van der Waals surface area contributed by atoms with Gasteiger partial charge in [-0.1, -0.05) is 18.2 Å². The molecule has 0 atom stereocenters. The quantitative estimate of drug-likeness (QED) is 0.173. The Kier molecular flexibility index (Phi) is 7.74. The third kappa shape index (κ3) is 6.79. The van der Waals surface area contributed by atoms with E-state index in [1.54, 1.807) is 12.1 Å². The Labute approximate surface area is 192 Å². The van der Waals surface area contributed by atoms with Crippen molar-refractivity contribution in [3.05, 3.63) is 105 Å². The van der Waals surface area contributed by atoms with Gasteiger partial charge in [0.05, 0.1) is 23.2 Å². The maximum absolute atomic E-state index is 13.2. The molecule has 0 fully saturated rings. The highest BCUT2D eigenvalue weighted by molar-refractivity contribution is 5.96. The monoisotopic (exact) mass is 464 g/mol. The fourth-order valence-electron chi connectivity index (χ4n) is 2.65. The Morgan fingerprint density at radius 1 is 1.00 bits per heavy atom. The first kappa shape index (κ1) is 23.7. The van der Waals surface area contributed by atoms with E-state index in [4.69, 9.17) is 4.74 Å². The molecule has 34 heavy (non-hydrogen) atoms. The molecule has 0 aromatic heterocycles. The fourth-order valence-corrected chi connectivity index (χ4v) is 2.65. The average Bonchev–Trinajstić information content (AvgIpc) is 2.83. The van der Waals surface area contributed by atoms with Gasteiger partial charge in [0, 0.05) is 17.7 Å². The second-order valence-corrected chi connectivity index (χ2v) is 6.75. The Morgan fingerprint density at radius 3 is 2.44 bits per heavy atom. The molecule has 3 rings (SSSR count). The van der Waals surface area contributed by atoms with Gasteiger partial charge in [0.25, 0.3) is 17.5 Å². The highest BCUT2D eigenvalue weighted by Gasteiger charge is 2.12. The molecule has 2 amide bonds. The van der Waals surface area contributed by atoms with Crippen LogP contribution in [0.5, 0.6) is 5.75 Å². The number of hydrogen-bond donors (Lipinski definition) is 2. The summed E-state index contributed by atoms with van der Waals surface area (Å²) in [5.41, 5.74) is 2.80. The predicted octanol–water partition coefficient (Wildman–Crippen LogP) is 2.83. The van der Waals surface area contributed by atoms with E-state index in [1.165, 1.54) is 60.8 Å². The highest BCUT2D eigenvalue weighted by atomic mass is 19.1. The second-order valence-electron chi connectivity index (χ2n) is 6.75. The number of amides is 2. The van der Waals surface area contributed by atoms with Gasteiger partial charge in [-0.3, -0.25) is 19.7 Å². The molecule has 3 aromatic rings. The van der Waals surface area contributed by atoms with Crippen LogP contribution in [0.1, 0.15) is 26.3 Å². The summed E-state index contributed by atoms with van der Waals surface area (Å²) in [5, 5.41) is 16.8. The van der Waals surface area contributed by atoms with Crippen LogP contribution in [-0.2, 0) is 4.79 Å². The zero-order chi connectivity index (χ0) is 24.5. The van der Waals surface area contributed by atoms with Gasteiger partial charge >= 0.3 is 5.97 Å². The number of carbonyl (C=O) groups is 3. The summed E-state index contributed by atoms with van der Waals surface area (Å²) in [7, 11) is 0. The molecule has 0 unspecified atom stereocenters. The lowest BCUT2D eigenvalue weighted by Gasteiger charge is -2.05. The molecule has 0 aliphatic carbocycles. The molecule has 0 radical (unpaired) electrons. The average molecular weight is 464 g/mol. The lowest BCUT2D eigenvalue weighted by molar-refractivity contribution is -0.384. The van der Waals surface area contributed by atoms with Crippen molar-refractivity contribution >= 4 is 29.7 Å². The Hall–Kier alpha value is -4.93. The molecule has 0 bridgehead atoms. The van der Waals surface area contributed by atoms with Crippen LogP contribution in [0.3, 0.4) is 0 Å². The fraction of sp³-hybridized carbons (Fsp3) is 0.0435. The van der Waals surface area contributed by atoms with Gasteiger partial charge in [0.2, 0.25) is 0 Å². The molecule has 0 aliphatic rings. The number of nitrogens with one attached hydrogen (secondary N) is 2. The molecule has 11 heteroatoms. The van der Waals surface area contributed by atoms with E-state index >= 15 is 0 Å². The summed E-state index contributed by atoms with van der Waals surface area (Å²) in [6.45, 7) is -0.375. The number of nitro groups is 1. The lowest BCUT2D eigenvalue weighted by Crippen LogP contribution is -2.34. The van der Waals surface area contributed by atoms with Gasteiger partial charge in [-0.05, 0) is 48.0 Å². The number of halogens is 1. The van der Waals surface area contributed by atoms with Gasteiger partial charge in [-0.2, -0.15) is 5.10 Å². The van der Waals surface area contributed by atoms with Crippen LogP contribution in [-0.4, -0.2) is 35.5 Å². The van der Waals surface area contributed by atoms with Crippen molar-refractivity contribution in [2.45, 2.75) is 0 Å². The van der Waals surface area contributed by atoms with Gasteiger partial charge in [0.15, 0.2) is 0 Å². The minimum absolute atomic E-state index is 0.0800. The van der Waals surface area contributed by atoms with E-state index in [1.807, 2.05) is 0 Å². The van der Waals surface area contributed by atoms with Gasteiger partial charge in [-0.15, -0.1) is 0 Å². The van der Waals surface area contributed by atoms with Crippen LogP contribution in [0.25, 0.3) is 0 Å². The third-order valence-corrected chi connectivity index (χ3v) is 4.28. The van der Waals surface area contributed by atoms with Gasteiger partial charge in [0.1, 0.15) is 11.6 Å². The number of benzene rings is 3. The number of non-ortho nitro benzene ring substituents is 1. The van der Waals surface area contributed by atoms with Crippen molar-refractivity contribution in [1.29, 1.82) is 0 Å². The third-order valence-electron chi connectivity index (χ3n) is 4.28. The molecule has 2 N–H and O–H groups in total. The number of hydrogen-bond acceptors (Lipinski definition) is 7. The maximum atomic E-state index is 13.2. The van der Waals surface area contributed by atoms with Crippen LogP contribution in [0, 0.1) is 15.9 Å². The number of ether oxygens (including phenoxy) is 1. The lowest BCUT2D eigenvalue weighted by atomic mass is 10.2. The largest absolute Gasteiger partial charge is 0.423 e. The molecule has 0 saturated carbocycles. The summed E-state index contributed by atoms with van der Waals surface area (Å²) < 4.78 is 18.4. The molecule has 0 saturated heterocycles. The minimum atomic E-state index is -0.702. The highest BCUT2D eigenvalue weighted by Crippen LogP contribution is 2.16. The van der Waals surface area contributed by atoms with E-state index in [0.717, 1.165) is 6.07 Å². The van der Waals surface area contributed by atoms with Crippen molar-refractivity contribution < 1.29 is 28.4 Å². The van der Waals surface area contributed by atoms with Gasteiger partial charge in [-0.25, -0.2) is 14.6 Å². The molecular weight excluding hydrogens is 447 g/mol. The van der Waals surface area contributed by atoms with Crippen molar-refractivity contribution in [2.75, 3.05) is 6.54 Å². The Bertz CT molecular complexity index is 1260. The summed E-state index contributed by atoms with van der Waals surface area (Å²) in [4.78, 5) is 46.1. The number of nitrogens with zero attached hydrogens (tertiary/aromatic N) is 2. The maximum Gasteiger partial charge on any atom is 0.343 e. The smallest absolute Gasteiger partial charge is 0.343 e. The molecular formula is C23H17FN4O6. The minimum Gasteiger partial charge on any atom is -0.423 e. The first-order valence-corrected chi connectivity index (χ1v) is 9.74. The number of nitro benzene ring substituents is 1. The van der Waals surface area contributed by atoms with Crippen LogP contribution in [0.4, 0.5) is 10.1 Å². The van der Waals surface area contributed by atoms with Crippen molar-refractivity contribution in [3.63, 3.8) is 0 Å². The summed E-state index contributed by atoms with van der Waals surface area (Å²) >= 11 is 0. The number of carbonyl (C=O) groups excluding carboxylic acids is 3. The Balaban J connectivity index is 1.50. The van der Waals surface area contributed by atoms with E-state index in [9.17, 15) is 28.9 Å². The normalized spacial score (nSPS) is 10.5. The van der Waals surface area contributed by atoms with E-state index in [-0.39, 0.29) is 29.1 Å². The predicted molar refractivity (Wildman–Crippen MR) is 119 cm³/mol. The SMILES string of the molecule is O=C(CNC(=O)c1cccc(F)c1)N/N=C\c1cccc(OC(=O)c2ccc([N+](=O)[O-])cc2)c1. The Morgan fingerprint density at radius 2 is 1.74 bits per heavy atom. The molecule has 3 aromatic carbocycles. The zero-order valence-electron chi connectivity index (χ0n) is 17.4. The van der Waals surface area contributed by atoms with E-state index in [0.29, 0.717) is 5.56 Å². The summed E-state index contributed by atoms with van der Waals surface area (Å²) in [6, 6.07) is 16.3. The summed E-state index contributed by atoms with van der Waals surface area (Å²) in [6.07, 6.45) is 1.30. The topological polar surface area (TPSA) is 140 Å². The van der Waals surface area contributed by atoms with Crippen LogP contribution < -0.4 is 15.5 Å². The molecule has 172 valence electrons. The van der Waals surface area contributed by atoms with E-state index < -0.39 is 28.5 Å². The van der Waals surface area contributed by atoms with E-state index in [2.05, 4.69) is 15.8 Å². The molecule has 10 nitrogen and oxygen atoms in total.